The third-order valence-corrected chi connectivity index (χ3v) is 4.44. The van der Waals surface area contributed by atoms with Crippen LogP contribution in [-0.4, -0.2) is 28.7 Å². The molecule has 0 aliphatic heterocycles. The number of ether oxygens (including phenoxy) is 2. The average Bonchev–Trinajstić information content (AvgIpc) is 3.09. The normalized spacial score (nSPS) is 10.4. The lowest BCUT2D eigenvalue weighted by Gasteiger charge is -2.04. The zero-order valence-corrected chi connectivity index (χ0v) is 18.0. The number of hydrogen-bond donors (Lipinski definition) is 0. The van der Waals surface area contributed by atoms with Gasteiger partial charge in [-0.1, -0.05) is 13.3 Å². The molecule has 30 heavy (non-hydrogen) atoms. The molecule has 162 valence electrons. The smallest absolute Gasteiger partial charge is 0.393 e. The molecular weight excluding hydrogens is 386 g/mol. The SMILES string of the molecule is CCCCOc1nc(CCOc2ccc(C)n(CC(=O)N=O)ccc(C)c2)c(C)o1. The Balaban J connectivity index is 2.07. The zero-order chi connectivity index (χ0) is 21.9. The van der Waals surface area contributed by atoms with Crippen molar-refractivity contribution < 1.29 is 18.7 Å². The molecular formula is C22H29N3O5. The Kier molecular flexibility index (Phi) is 9.05. The molecule has 0 aliphatic carbocycles. The minimum atomic E-state index is -0.727. The van der Waals surface area contributed by atoms with Crippen molar-refractivity contribution in [3.8, 4) is 11.8 Å². The van der Waals surface area contributed by atoms with E-state index in [4.69, 9.17) is 13.9 Å². The predicted octanol–water partition coefficient (Wildman–Crippen LogP) is 4.62. The number of nitroso groups, excluding NO2 is 1. The highest BCUT2D eigenvalue weighted by molar-refractivity contribution is 5.76. The van der Waals surface area contributed by atoms with Gasteiger partial charge in [0.15, 0.2) is 0 Å². The molecule has 2 rings (SSSR count). The molecule has 2 aromatic rings. The summed E-state index contributed by atoms with van der Waals surface area (Å²) in [6.45, 7) is 8.64. The van der Waals surface area contributed by atoms with Crippen LogP contribution in [0.5, 0.6) is 11.8 Å². The van der Waals surface area contributed by atoms with Crippen LogP contribution >= 0.6 is 0 Å². The highest BCUT2D eigenvalue weighted by Gasteiger charge is 2.10. The standard InChI is InChI=1S/C22H29N3O5/c1-5-6-12-29-22-23-20(18(4)30-22)10-13-28-19-8-7-17(3)25(15-21(26)24-27)11-9-16(2)14-19/h7-9,11,14H,5-6,10,12-13,15H2,1-4H3. The van der Waals surface area contributed by atoms with Crippen molar-refractivity contribution >= 4 is 5.91 Å². The van der Waals surface area contributed by atoms with E-state index in [-0.39, 0.29) is 6.54 Å². The molecule has 0 unspecified atom stereocenters. The molecule has 0 saturated heterocycles. The van der Waals surface area contributed by atoms with Gasteiger partial charge in [-0.2, -0.15) is 4.98 Å². The summed E-state index contributed by atoms with van der Waals surface area (Å²) in [4.78, 5) is 26.2. The topological polar surface area (TPSA) is 95.9 Å². The molecule has 2 aromatic heterocycles. The number of aryl methyl sites for hydroxylation is 3. The van der Waals surface area contributed by atoms with Crippen LogP contribution in [0.4, 0.5) is 0 Å². The van der Waals surface area contributed by atoms with Gasteiger partial charge in [0.25, 0.3) is 0 Å². The van der Waals surface area contributed by atoms with Gasteiger partial charge in [-0.3, -0.25) is 4.79 Å². The summed E-state index contributed by atoms with van der Waals surface area (Å²) in [5, 5.41) is 2.46. The van der Waals surface area contributed by atoms with Gasteiger partial charge in [0.1, 0.15) is 18.1 Å². The lowest BCUT2D eigenvalue weighted by molar-refractivity contribution is -0.118. The fourth-order valence-electron chi connectivity index (χ4n) is 2.65. The number of unbranched alkanes of at least 4 members (excludes halogenated alkanes) is 1. The van der Waals surface area contributed by atoms with Crippen molar-refractivity contribution in [3.63, 3.8) is 0 Å². The summed E-state index contributed by atoms with van der Waals surface area (Å²) in [7, 11) is 0. The Bertz CT molecular complexity index is 916. The molecule has 0 N–H and O–H groups in total. The van der Waals surface area contributed by atoms with Crippen LogP contribution in [0.3, 0.4) is 0 Å². The Labute approximate surface area is 176 Å². The van der Waals surface area contributed by atoms with Crippen LogP contribution in [-0.2, 0) is 17.8 Å². The number of amides is 1. The number of oxazole rings is 1. The minimum Gasteiger partial charge on any atom is -0.493 e. The zero-order valence-electron chi connectivity index (χ0n) is 18.0. The lowest BCUT2D eigenvalue weighted by Crippen LogP contribution is -2.08. The van der Waals surface area contributed by atoms with E-state index in [9.17, 15) is 9.70 Å². The van der Waals surface area contributed by atoms with Crippen molar-refractivity contribution in [1.82, 2.24) is 9.55 Å². The van der Waals surface area contributed by atoms with Gasteiger partial charge in [0, 0.05) is 23.5 Å². The molecule has 8 heteroatoms. The van der Waals surface area contributed by atoms with Crippen LogP contribution in [0.2, 0.25) is 0 Å². The van der Waals surface area contributed by atoms with Gasteiger partial charge in [-0.25, -0.2) is 0 Å². The molecule has 0 atom stereocenters. The van der Waals surface area contributed by atoms with Crippen LogP contribution < -0.4 is 9.47 Å². The van der Waals surface area contributed by atoms with Crippen molar-refractivity contribution in [2.24, 2.45) is 5.18 Å². The molecule has 0 spiro atoms. The van der Waals surface area contributed by atoms with Gasteiger partial charge in [-0.15, -0.1) is 4.91 Å². The first-order valence-electron chi connectivity index (χ1n) is 10.0. The van der Waals surface area contributed by atoms with E-state index >= 15 is 0 Å². The first kappa shape index (κ1) is 23.1. The second-order valence-electron chi connectivity index (χ2n) is 6.98. The molecule has 0 fully saturated rings. The molecule has 2 heterocycles. The lowest BCUT2D eigenvalue weighted by atomic mass is 10.3. The second kappa shape index (κ2) is 11.7. The summed E-state index contributed by atoms with van der Waals surface area (Å²) >= 11 is 0. The summed E-state index contributed by atoms with van der Waals surface area (Å²) in [6, 6.07) is 7.40. The Morgan fingerprint density at radius 2 is 1.97 bits per heavy atom. The number of rotatable bonds is 10. The highest BCUT2D eigenvalue weighted by atomic mass is 16.6. The van der Waals surface area contributed by atoms with E-state index in [2.05, 4.69) is 17.1 Å². The van der Waals surface area contributed by atoms with Crippen molar-refractivity contribution in [2.45, 2.75) is 53.5 Å². The van der Waals surface area contributed by atoms with Gasteiger partial charge in [0.05, 0.1) is 18.9 Å². The van der Waals surface area contributed by atoms with Gasteiger partial charge in [-0.05, 0) is 57.0 Å². The maximum atomic E-state index is 11.4. The van der Waals surface area contributed by atoms with Crippen LogP contribution in [0, 0.1) is 25.7 Å². The van der Waals surface area contributed by atoms with Gasteiger partial charge in [0.2, 0.25) is 0 Å². The maximum absolute atomic E-state index is 11.4. The monoisotopic (exact) mass is 415 g/mol. The third-order valence-electron chi connectivity index (χ3n) is 4.44. The summed E-state index contributed by atoms with van der Waals surface area (Å²) in [5.41, 5.74) is 2.53. The average molecular weight is 415 g/mol. The van der Waals surface area contributed by atoms with Crippen molar-refractivity contribution in [3.05, 3.63) is 58.1 Å². The second-order valence-corrected chi connectivity index (χ2v) is 6.98. The van der Waals surface area contributed by atoms with E-state index in [1.807, 2.05) is 45.0 Å². The van der Waals surface area contributed by atoms with Gasteiger partial charge < -0.3 is 18.5 Å². The largest absolute Gasteiger partial charge is 0.493 e. The molecule has 0 radical (unpaired) electrons. The van der Waals surface area contributed by atoms with E-state index in [0.717, 1.165) is 35.6 Å². The number of carbonyl (C=O) groups is 1. The number of nitrogens with zero attached hydrogens (tertiary/aromatic N) is 3. The molecule has 8 nitrogen and oxygen atoms in total. The van der Waals surface area contributed by atoms with E-state index in [1.165, 1.54) is 0 Å². The number of carbonyl (C=O) groups excluding carboxylic acids is 1. The fourth-order valence-corrected chi connectivity index (χ4v) is 2.65. The predicted molar refractivity (Wildman–Crippen MR) is 113 cm³/mol. The molecule has 0 aromatic carbocycles. The van der Waals surface area contributed by atoms with Gasteiger partial charge >= 0.3 is 12.0 Å². The van der Waals surface area contributed by atoms with Crippen LogP contribution in [0.25, 0.3) is 0 Å². The Hall–Kier alpha value is -3.16. The summed E-state index contributed by atoms with van der Waals surface area (Å²) < 4.78 is 18.6. The number of hydrogen-bond acceptors (Lipinski definition) is 6. The van der Waals surface area contributed by atoms with Crippen LogP contribution in [0.15, 0.2) is 40.1 Å². The first-order valence-corrected chi connectivity index (χ1v) is 10.0. The van der Waals surface area contributed by atoms with E-state index < -0.39 is 5.91 Å². The highest BCUT2D eigenvalue weighted by Crippen LogP contribution is 2.18. The molecule has 0 bridgehead atoms. The van der Waals surface area contributed by atoms with E-state index in [1.54, 1.807) is 10.8 Å². The molecule has 0 saturated carbocycles. The number of aromatic nitrogens is 2. The third kappa shape index (κ3) is 7.35. The fraction of sp³-hybridized carbons (Fsp3) is 0.455. The first-order chi connectivity index (χ1) is 14.4. The summed E-state index contributed by atoms with van der Waals surface area (Å²) in [5.74, 6) is 0.677. The Morgan fingerprint density at radius 3 is 2.70 bits per heavy atom. The van der Waals surface area contributed by atoms with Crippen molar-refractivity contribution in [1.29, 1.82) is 0 Å². The molecule has 0 aliphatic rings. The maximum Gasteiger partial charge on any atom is 0.393 e. The Morgan fingerprint density at radius 1 is 1.17 bits per heavy atom. The van der Waals surface area contributed by atoms with E-state index in [0.29, 0.717) is 31.5 Å². The van der Waals surface area contributed by atoms with Crippen molar-refractivity contribution in [2.75, 3.05) is 13.2 Å². The van der Waals surface area contributed by atoms with Crippen LogP contribution in [0.1, 0.15) is 42.5 Å². The minimum absolute atomic E-state index is 0.103. The quantitative estimate of drug-likeness (QED) is 0.415. The summed E-state index contributed by atoms with van der Waals surface area (Å²) in [6.07, 6.45) is 4.64. The molecule has 1 amide bonds.